The van der Waals surface area contributed by atoms with E-state index < -0.39 is 0 Å². The molecule has 0 aliphatic carbocycles. The molecule has 3 heteroatoms. The first-order valence-electron chi connectivity index (χ1n) is 7.58. The summed E-state index contributed by atoms with van der Waals surface area (Å²) in [6, 6.07) is 17.3. The Kier molecular flexibility index (Phi) is 4.51. The number of nitrogens with one attached hydrogen (secondary N) is 1. The molecule has 1 unspecified atom stereocenters. The summed E-state index contributed by atoms with van der Waals surface area (Å²) in [6.45, 7) is 4.22. The first-order valence-corrected chi connectivity index (χ1v) is 7.58. The van der Waals surface area contributed by atoms with Gasteiger partial charge < -0.3 is 10.2 Å². The number of rotatable bonds is 5. The maximum absolute atomic E-state index is 12.8. The van der Waals surface area contributed by atoms with Crippen LogP contribution in [0, 0.1) is 5.82 Å². The van der Waals surface area contributed by atoms with Crippen LogP contribution in [0.5, 0.6) is 0 Å². The van der Waals surface area contributed by atoms with Gasteiger partial charge in [-0.15, -0.1) is 0 Å². The van der Waals surface area contributed by atoms with Crippen molar-refractivity contribution in [2.75, 3.05) is 31.5 Å². The fourth-order valence-electron chi connectivity index (χ4n) is 2.96. The minimum atomic E-state index is -0.189. The van der Waals surface area contributed by atoms with Crippen molar-refractivity contribution in [2.45, 2.75) is 12.3 Å². The minimum Gasteiger partial charge on any atom is -0.384 e. The Bertz CT molecular complexity index is 553. The maximum Gasteiger partial charge on any atom is 0.123 e. The zero-order valence-corrected chi connectivity index (χ0v) is 12.1. The lowest BCUT2D eigenvalue weighted by atomic mass is 9.99. The van der Waals surface area contributed by atoms with E-state index in [-0.39, 0.29) is 5.82 Å². The first kappa shape index (κ1) is 14.1. The number of likely N-dealkylation sites (tertiary alicyclic amines) is 1. The number of hydrogen-bond donors (Lipinski definition) is 1. The van der Waals surface area contributed by atoms with Gasteiger partial charge in [0.2, 0.25) is 0 Å². The highest BCUT2D eigenvalue weighted by atomic mass is 19.1. The van der Waals surface area contributed by atoms with Crippen molar-refractivity contribution < 1.29 is 4.39 Å². The van der Waals surface area contributed by atoms with Crippen molar-refractivity contribution in [2.24, 2.45) is 0 Å². The second kappa shape index (κ2) is 6.72. The number of benzene rings is 2. The Morgan fingerprint density at radius 2 is 1.81 bits per heavy atom. The highest BCUT2D eigenvalue weighted by Crippen LogP contribution is 2.26. The van der Waals surface area contributed by atoms with Gasteiger partial charge in [0.05, 0.1) is 0 Å². The molecule has 0 spiro atoms. The van der Waals surface area contributed by atoms with E-state index in [9.17, 15) is 4.39 Å². The second-order valence-corrected chi connectivity index (χ2v) is 5.63. The summed E-state index contributed by atoms with van der Waals surface area (Å²) in [5.41, 5.74) is 2.43. The summed E-state index contributed by atoms with van der Waals surface area (Å²) < 4.78 is 12.8. The molecule has 1 N–H and O–H groups in total. The van der Waals surface area contributed by atoms with E-state index in [0.29, 0.717) is 5.92 Å². The van der Waals surface area contributed by atoms with Gasteiger partial charge in [-0.1, -0.05) is 30.3 Å². The van der Waals surface area contributed by atoms with Crippen molar-refractivity contribution in [1.29, 1.82) is 0 Å². The van der Waals surface area contributed by atoms with Gasteiger partial charge in [-0.25, -0.2) is 4.39 Å². The van der Waals surface area contributed by atoms with Crippen molar-refractivity contribution in [3.05, 3.63) is 66.0 Å². The molecule has 1 aliphatic heterocycles. The van der Waals surface area contributed by atoms with Crippen LogP contribution >= 0.6 is 0 Å². The second-order valence-electron chi connectivity index (χ2n) is 5.63. The zero-order chi connectivity index (χ0) is 14.5. The summed E-state index contributed by atoms with van der Waals surface area (Å²) in [4.78, 5) is 2.49. The Morgan fingerprint density at radius 1 is 1.05 bits per heavy atom. The minimum absolute atomic E-state index is 0.189. The van der Waals surface area contributed by atoms with Gasteiger partial charge in [-0.2, -0.15) is 0 Å². The molecule has 0 radical (unpaired) electrons. The molecule has 0 aromatic heterocycles. The number of anilines is 1. The van der Waals surface area contributed by atoms with Gasteiger partial charge in [0.1, 0.15) is 5.82 Å². The Balaban J connectivity index is 1.44. The summed E-state index contributed by atoms with van der Waals surface area (Å²) in [5, 5.41) is 3.35. The monoisotopic (exact) mass is 284 g/mol. The van der Waals surface area contributed by atoms with E-state index in [1.807, 2.05) is 0 Å². The maximum atomic E-state index is 12.8. The van der Waals surface area contributed by atoms with Crippen LogP contribution in [0.1, 0.15) is 17.9 Å². The average Bonchev–Trinajstić information content (AvgIpc) is 2.99. The molecule has 2 aromatic carbocycles. The van der Waals surface area contributed by atoms with Crippen LogP contribution in [0.3, 0.4) is 0 Å². The lowest BCUT2D eigenvalue weighted by Gasteiger charge is -2.17. The standard InChI is InChI=1S/C18H21FN2/c19-17-6-8-18(9-7-17)20-11-13-21-12-10-16(14-21)15-4-2-1-3-5-15/h1-9,16,20H,10-14H2. The third-order valence-corrected chi connectivity index (χ3v) is 4.14. The van der Waals surface area contributed by atoms with Crippen LogP contribution in [-0.2, 0) is 0 Å². The molecule has 2 aromatic rings. The van der Waals surface area contributed by atoms with Crippen LogP contribution in [0.25, 0.3) is 0 Å². The van der Waals surface area contributed by atoms with E-state index in [1.54, 1.807) is 12.1 Å². The molecule has 110 valence electrons. The topological polar surface area (TPSA) is 15.3 Å². The van der Waals surface area contributed by atoms with Crippen molar-refractivity contribution in [1.82, 2.24) is 4.90 Å². The Hall–Kier alpha value is -1.87. The SMILES string of the molecule is Fc1ccc(NCCN2CCC(c3ccccc3)C2)cc1. The number of halogens is 1. The lowest BCUT2D eigenvalue weighted by molar-refractivity contribution is 0.348. The molecule has 1 aliphatic rings. The molecule has 3 rings (SSSR count). The largest absolute Gasteiger partial charge is 0.384 e. The predicted octanol–water partition coefficient (Wildman–Crippen LogP) is 3.73. The third kappa shape index (κ3) is 3.82. The quantitative estimate of drug-likeness (QED) is 0.900. The average molecular weight is 284 g/mol. The summed E-state index contributed by atoms with van der Waals surface area (Å²) in [7, 11) is 0. The van der Waals surface area contributed by atoms with Gasteiger partial charge >= 0.3 is 0 Å². The van der Waals surface area contributed by atoms with Gasteiger partial charge in [-0.3, -0.25) is 0 Å². The zero-order valence-electron chi connectivity index (χ0n) is 12.1. The van der Waals surface area contributed by atoms with Gasteiger partial charge in [0.15, 0.2) is 0 Å². The smallest absolute Gasteiger partial charge is 0.123 e. The van der Waals surface area contributed by atoms with E-state index in [4.69, 9.17) is 0 Å². The summed E-state index contributed by atoms with van der Waals surface area (Å²) in [6.07, 6.45) is 1.24. The molecule has 1 atom stereocenters. The van der Waals surface area contributed by atoms with Crippen molar-refractivity contribution in [3.63, 3.8) is 0 Å². The van der Waals surface area contributed by atoms with Crippen molar-refractivity contribution in [3.8, 4) is 0 Å². The van der Waals surface area contributed by atoms with Crippen molar-refractivity contribution >= 4 is 5.69 Å². The molecule has 0 amide bonds. The van der Waals surface area contributed by atoms with Crippen LogP contribution < -0.4 is 5.32 Å². The third-order valence-electron chi connectivity index (χ3n) is 4.14. The number of hydrogen-bond acceptors (Lipinski definition) is 2. The highest BCUT2D eigenvalue weighted by Gasteiger charge is 2.22. The Labute approximate surface area is 125 Å². The molecular formula is C18H21FN2. The molecule has 2 nitrogen and oxygen atoms in total. The molecule has 1 saturated heterocycles. The van der Waals surface area contributed by atoms with Gasteiger partial charge in [0, 0.05) is 25.3 Å². The van der Waals surface area contributed by atoms with E-state index in [1.165, 1.54) is 24.1 Å². The fraction of sp³-hybridized carbons (Fsp3) is 0.333. The molecule has 1 heterocycles. The van der Waals surface area contributed by atoms with Crippen LogP contribution in [0.15, 0.2) is 54.6 Å². The van der Waals surface area contributed by atoms with E-state index in [0.717, 1.165) is 31.9 Å². The number of nitrogens with zero attached hydrogens (tertiary/aromatic N) is 1. The van der Waals surface area contributed by atoms with E-state index >= 15 is 0 Å². The highest BCUT2D eigenvalue weighted by molar-refractivity contribution is 5.42. The van der Waals surface area contributed by atoms with Crippen LogP contribution in [0.2, 0.25) is 0 Å². The molecule has 21 heavy (non-hydrogen) atoms. The molecule has 0 saturated carbocycles. The summed E-state index contributed by atoms with van der Waals surface area (Å²) >= 11 is 0. The molecule has 1 fully saturated rings. The first-order chi connectivity index (χ1) is 10.3. The normalized spacial score (nSPS) is 18.8. The fourth-order valence-corrected chi connectivity index (χ4v) is 2.96. The van der Waals surface area contributed by atoms with Gasteiger partial charge in [0.25, 0.3) is 0 Å². The van der Waals surface area contributed by atoms with E-state index in [2.05, 4.69) is 40.5 Å². The molecular weight excluding hydrogens is 263 g/mol. The van der Waals surface area contributed by atoms with Crippen LogP contribution in [0.4, 0.5) is 10.1 Å². The summed E-state index contributed by atoms with van der Waals surface area (Å²) in [5.74, 6) is 0.475. The Morgan fingerprint density at radius 3 is 2.57 bits per heavy atom. The predicted molar refractivity (Wildman–Crippen MR) is 85.1 cm³/mol. The molecule has 0 bridgehead atoms. The lowest BCUT2D eigenvalue weighted by Crippen LogP contribution is -2.26. The van der Waals surface area contributed by atoms with Crippen LogP contribution in [-0.4, -0.2) is 31.1 Å². The van der Waals surface area contributed by atoms with Gasteiger partial charge in [-0.05, 0) is 48.7 Å².